The van der Waals surface area contributed by atoms with Crippen LogP contribution in [0.3, 0.4) is 0 Å². The first kappa shape index (κ1) is 13.7. The van der Waals surface area contributed by atoms with Crippen molar-refractivity contribution >= 4 is 34.8 Å². The first-order valence-corrected chi connectivity index (χ1v) is 6.47. The number of amides is 2. The summed E-state index contributed by atoms with van der Waals surface area (Å²) in [6.07, 6.45) is -0.166. The average Bonchev–Trinajstić information content (AvgIpc) is 2.27. The highest BCUT2D eigenvalue weighted by molar-refractivity contribution is 7.80. The van der Waals surface area contributed by atoms with Crippen LogP contribution in [0.5, 0.6) is 0 Å². The number of benzene rings is 1. The SMILES string of the molecule is CC(C)(C)c1ccc(N2C(=O)CC(=O)NC2=S)cc1. The van der Waals surface area contributed by atoms with Crippen LogP contribution in [-0.2, 0) is 15.0 Å². The van der Waals surface area contributed by atoms with E-state index in [9.17, 15) is 9.59 Å². The van der Waals surface area contributed by atoms with E-state index in [1.165, 1.54) is 10.5 Å². The Morgan fingerprint density at radius 2 is 1.74 bits per heavy atom. The number of nitrogens with zero attached hydrogens (tertiary/aromatic N) is 1. The molecule has 2 rings (SSSR count). The summed E-state index contributed by atoms with van der Waals surface area (Å²) in [5.74, 6) is -0.644. The summed E-state index contributed by atoms with van der Waals surface area (Å²) < 4.78 is 0. The lowest BCUT2D eigenvalue weighted by Gasteiger charge is -2.28. The van der Waals surface area contributed by atoms with Crippen LogP contribution < -0.4 is 10.2 Å². The van der Waals surface area contributed by atoms with E-state index in [1.807, 2.05) is 24.3 Å². The fourth-order valence-electron chi connectivity index (χ4n) is 1.92. The fraction of sp³-hybridized carbons (Fsp3) is 0.357. The Morgan fingerprint density at radius 3 is 2.21 bits per heavy atom. The number of hydrogen-bond donors (Lipinski definition) is 1. The molecule has 0 radical (unpaired) electrons. The van der Waals surface area contributed by atoms with Gasteiger partial charge in [-0.3, -0.25) is 14.5 Å². The minimum absolute atomic E-state index is 0.0547. The summed E-state index contributed by atoms with van der Waals surface area (Å²) in [4.78, 5) is 24.4. The van der Waals surface area contributed by atoms with Gasteiger partial charge in [-0.05, 0) is 35.3 Å². The zero-order chi connectivity index (χ0) is 14.2. The van der Waals surface area contributed by atoms with Crippen LogP contribution >= 0.6 is 12.2 Å². The molecular formula is C14H16N2O2S. The number of carbonyl (C=O) groups is 2. The molecule has 100 valence electrons. The monoisotopic (exact) mass is 276 g/mol. The first-order chi connectivity index (χ1) is 8.79. The highest BCUT2D eigenvalue weighted by Gasteiger charge is 2.29. The van der Waals surface area contributed by atoms with Crippen LogP contribution in [0.25, 0.3) is 0 Å². The Kier molecular flexibility index (Phi) is 3.41. The van der Waals surface area contributed by atoms with Gasteiger partial charge >= 0.3 is 0 Å². The predicted molar refractivity (Wildman–Crippen MR) is 78.0 cm³/mol. The average molecular weight is 276 g/mol. The van der Waals surface area contributed by atoms with Gasteiger partial charge in [0.1, 0.15) is 6.42 Å². The zero-order valence-corrected chi connectivity index (χ0v) is 12.0. The molecule has 1 fully saturated rings. The molecule has 0 saturated carbocycles. The third-order valence-electron chi connectivity index (χ3n) is 3.00. The Morgan fingerprint density at radius 1 is 1.16 bits per heavy atom. The van der Waals surface area contributed by atoms with Crippen LogP contribution in [0, 0.1) is 0 Å². The van der Waals surface area contributed by atoms with E-state index >= 15 is 0 Å². The van der Waals surface area contributed by atoms with Gasteiger partial charge in [0.05, 0.1) is 5.69 Å². The first-order valence-electron chi connectivity index (χ1n) is 6.06. The van der Waals surface area contributed by atoms with Gasteiger partial charge in [-0.15, -0.1) is 0 Å². The van der Waals surface area contributed by atoms with Gasteiger partial charge in [-0.25, -0.2) is 0 Å². The van der Waals surface area contributed by atoms with Crippen molar-refractivity contribution in [1.29, 1.82) is 0 Å². The second-order valence-corrected chi connectivity index (χ2v) is 5.94. The Labute approximate surface area is 117 Å². The standard InChI is InChI=1S/C14H16N2O2S/c1-14(2,3)9-4-6-10(7-5-9)16-12(18)8-11(17)15-13(16)19/h4-7H,8H2,1-3H3,(H,15,17,19). The second kappa shape index (κ2) is 4.74. The molecule has 1 aromatic rings. The normalized spacial score (nSPS) is 16.6. The maximum atomic E-state index is 11.9. The van der Waals surface area contributed by atoms with E-state index in [-0.39, 0.29) is 28.8 Å². The molecule has 4 nitrogen and oxygen atoms in total. The molecule has 0 aromatic heterocycles. The summed E-state index contributed by atoms with van der Waals surface area (Å²) in [6, 6.07) is 7.65. The second-order valence-electron chi connectivity index (χ2n) is 5.56. The van der Waals surface area contributed by atoms with Crippen molar-refractivity contribution in [2.24, 2.45) is 0 Å². The van der Waals surface area contributed by atoms with Gasteiger partial charge in [-0.2, -0.15) is 0 Å². The Balaban J connectivity index is 2.30. The Hall–Kier alpha value is -1.75. The van der Waals surface area contributed by atoms with Crippen molar-refractivity contribution in [1.82, 2.24) is 5.32 Å². The maximum Gasteiger partial charge on any atom is 0.242 e. The molecule has 1 saturated heterocycles. The van der Waals surface area contributed by atoms with E-state index in [1.54, 1.807) is 0 Å². The van der Waals surface area contributed by atoms with Crippen molar-refractivity contribution in [2.75, 3.05) is 4.90 Å². The summed E-state index contributed by atoms with van der Waals surface area (Å²) in [5, 5.41) is 2.64. The lowest BCUT2D eigenvalue weighted by molar-refractivity contribution is -0.127. The summed E-state index contributed by atoms with van der Waals surface area (Å²) in [6.45, 7) is 6.37. The third-order valence-corrected chi connectivity index (χ3v) is 3.29. The highest BCUT2D eigenvalue weighted by atomic mass is 32.1. The molecule has 0 spiro atoms. The predicted octanol–water partition coefficient (Wildman–Crippen LogP) is 2.12. The fourth-order valence-corrected chi connectivity index (χ4v) is 2.24. The number of rotatable bonds is 1. The molecule has 1 aromatic carbocycles. The van der Waals surface area contributed by atoms with Crippen LogP contribution in [0.15, 0.2) is 24.3 Å². The lowest BCUT2D eigenvalue weighted by atomic mass is 9.87. The van der Waals surface area contributed by atoms with Crippen LogP contribution in [-0.4, -0.2) is 16.9 Å². The zero-order valence-electron chi connectivity index (χ0n) is 11.2. The van der Waals surface area contributed by atoms with E-state index in [2.05, 4.69) is 26.1 Å². The number of nitrogens with one attached hydrogen (secondary N) is 1. The van der Waals surface area contributed by atoms with Crippen molar-refractivity contribution in [3.63, 3.8) is 0 Å². The molecule has 1 aliphatic heterocycles. The minimum Gasteiger partial charge on any atom is -0.302 e. The van der Waals surface area contributed by atoms with E-state index in [0.29, 0.717) is 5.69 Å². The smallest absolute Gasteiger partial charge is 0.242 e. The topological polar surface area (TPSA) is 49.4 Å². The summed E-state index contributed by atoms with van der Waals surface area (Å²) in [5.41, 5.74) is 1.91. The van der Waals surface area contributed by atoms with Gasteiger partial charge < -0.3 is 5.32 Å². The molecule has 0 atom stereocenters. The van der Waals surface area contributed by atoms with Crippen LogP contribution in [0.4, 0.5) is 5.69 Å². The van der Waals surface area contributed by atoms with Crippen LogP contribution in [0.1, 0.15) is 32.8 Å². The van der Waals surface area contributed by atoms with Gasteiger partial charge in [0.15, 0.2) is 5.11 Å². The number of hydrogen-bond acceptors (Lipinski definition) is 3. The van der Waals surface area contributed by atoms with Crippen molar-refractivity contribution in [2.45, 2.75) is 32.6 Å². The minimum atomic E-state index is -0.349. The summed E-state index contributed by atoms with van der Waals surface area (Å²) >= 11 is 5.04. The van der Waals surface area contributed by atoms with Gasteiger partial charge in [-0.1, -0.05) is 32.9 Å². The molecule has 0 aliphatic carbocycles. The Bertz CT molecular complexity index is 524. The highest BCUT2D eigenvalue weighted by Crippen LogP contribution is 2.25. The molecule has 19 heavy (non-hydrogen) atoms. The van der Waals surface area contributed by atoms with Crippen molar-refractivity contribution < 1.29 is 9.59 Å². The maximum absolute atomic E-state index is 11.9. The molecular weight excluding hydrogens is 260 g/mol. The molecule has 2 amide bonds. The molecule has 0 unspecified atom stereocenters. The van der Waals surface area contributed by atoms with E-state index < -0.39 is 0 Å². The van der Waals surface area contributed by atoms with Gasteiger partial charge in [0, 0.05) is 0 Å². The van der Waals surface area contributed by atoms with Crippen molar-refractivity contribution in [3.8, 4) is 0 Å². The lowest BCUT2D eigenvalue weighted by Crippen LogP contribution is -2.52. The molecule has 1 aliphatic rings. The van der Waals surface area contributed by atoms with Gasteiger partial charge in [0.2, 0.25) is 11.8 Å². The van der Waals surface area contributed by atoms with E-state index in [0.717, 1.165) is 0 Å². The number of anilines is 1. The van der Waals surface area contributed by atoms with Gasteiger partial charge in [0.25, 0.3) is 0 Å². The molecule has 1 N–H and O–H groups in total. The van der Waals surface area contributed by atoms with Crippen LogP contribution in [0.2, 0.25) is 0 Å². The molecule has 0 bridgehead atoms. The quantitative estimate of drug-likeness (QED) is 0.631. The number of thiocarbonyl (C=S) groups is 1. The van der Waals surface area contributed by atoms with Crippen molar-refractivity contribution in [3.05, 3.63) is 29.8 Å². The molecule has 1 heterocycles. The molecule has 5 heteroatoms. The third kappa shape index (κ3) is 2.81. The summed E-state index contributed by atoms with van der Waals surface area (Å²) in [7, 11) is 0. The largest absolute Gasteiger partial charge is 0.302 e. The number of carbonyl (C=O) groups excluding carboxylic acids is 2. The van der Waals surface area contributed by atoms with E-state index in [4.69, 9.17) is 12.2 Å².